The van der Waals surface area contributed by atoms with Gasteiger partial charge in [0.25, 0.3) is 0 Å². The number of aryl methyl sites for hydroxylation is 1. The van der Waals surface area contributed by atoms with Crippen LogP contribution in [0.25, 0.3) is 0 Å². The summed E-state index contributed by atoms with van der Waals surface area (Å²) in [4.78, 5) is 32.0. The van der Waals surface area contributed by atoms with Crippen LogP contribution in [0.5, 0.6) is 5.75 Å². The molecule has 0 spiro atoms. The summed E-state index contributed by atoms with van der Waals surface area (Å²) in [5, 5.41) is 6.20. The van der Waals surface area contributed by atoms with Crippen molar-refractivity contribution in [3.05, 3.63) is 59.2 Å². The molecule has 2 aliphatic heterocycles. The number of hydrogen-bond acceptors (Lipinski definition) is 5. The lowest BCUT2D eigenvalue weighted by Gasteiger charge is -2.35. The summed E-state index contributed by atoms with van der Waals surface area (Å²) in [5.41, 5.74) is 4.31. The number of likely N-dealkylation sites (tertiary alicyclic amines) is 1. The van der Waals surface area contributed by atoms with E-state index >= 15 is 0 Å². The minimum Gasteiger partial charge on any atom is -0.497 e. The van der Waals surface area contributed by atoms with Crippen molar-refractivity contribution in [1.82, 2.24) is 20.0 Å². The highest BCUT2D eigenvalue weighted by molar-refractivity contribution is 5.93. The largest absolute Gasteiger partial charge is 0.497 e. The number of amides is 3. The van der Waals surface area contributed by atoms with Gasteiger partial charge in [0.05, 0.1) is 19.7 Å². The van der Waals surface area contributed by atoms with Gasteiger partial charge in [0.1, 0.15) is 5.75 Å². The predicted molar refractivity (Wildman–Crippen MR) is 142 cm³/mol. The first kappa shape index (κ1) is 26.0. The van der Waals surface area contributed by atoms with E-state index in [4.69, 9.17) is 4.74 Å². The Balaban J connectivity index is 1.25. The maximum Gasteiger partial charge on any atom is 0.317 e. The van der Waals surface area contributed by atoms with Crippen molar-refractivity contribution < 1.29 is 14.3 Å². The lowest BCUT2D eigenvalue weighted by Crippen LogP contribution is -2.53. The number of piperazine rings is 1. The molecule has 2 N–H and O–H groups in total. The van der Waals surface area contributed by atoms with Crippen LogP contribution in [0.1, 0.15) is 35.6 Å². The van der Waals surface area contributed by atoms with E-state index in [-0.39, 0.29) is 18.0 Å². The van der Waals surface area contributed by atoms with Crippen molar-refractivity contribution in [1.29, 1.82) is 0 Å². The van der Waals surface area contributed by atoms with Crippen LogP contribution in [0.15, 0.2) is 42.5 Å². The molecule has 8 heteroatoms. The number of benzene rings is 2. The Labute approximate surface area is 214 Å². The third-order valence-electron chi connectivity index (χ3n) is 7.43. The van der Waals surface area contributed by atoms with Crippen LogP contribution in [0.3, 0.4) is 0 Å². The average molecular weight is 494 g/mol. The topological polar surface area (TPSA) is 77.1 Å². The molecule has 8 nitrogen and oxygen atoms in total. The number of methoxy groups -OCH3 is 1. The van der Waals surface area contributed by atoms with Crippen LogP contribution in [0.2, 0.25) is 0 Å². The fourth-order valence-corrected chi connectivity index (χ4v) is 5.02. The van der Waals surface area contributed by atoms with Gasteiger partial charge in [-0.3, -0.25) is 14.6 Å². The van der Waals surface area contributed by atoms with Crippen molar-refractivity contribution >= 4 is 17.6 Å². The molecule has 1 unspecified atom stereocenters. The quantitative estimate of drug-likeness (QED) is 0.589. The van der Waals surface area contributed by atoms with Gasteiger partial charge in [0, 0.05) is 38.4 Å². The van der Waals surface area contributed by atoms with Crippen molar-refractivity contribution in [2.75, 3.05) is 64.8 Å². The van der Waals surface area contributed by atoms with E-state index < -0.39 is 0 Å². The zero-order valence-corrected chi connectivity index (χ0v) is 21.8. The van der Waals surface area contributed by atoms with E-state index in [1.165, 1.54) is 18.4 Å². The van der Waals surface area contributed by atoms with Crippen LogP contribution in [-0.4, -0.2) is 86.1 Å². The molecule has 0 saturated carbocycles. The van der Waals surface area contributed by atoms with Gasteiger partial charge in [-0.2, -0.15) is 0 Å². The Morgan fingerprint density at radius 2 is 1.64 bits per heavy atom. The average Bonchev–Trinajstić information content (AvgIpc) is 3.42. The number of urea groups is 1. The minimum absolute atomic E-state index is 0.0189. The number of carbonyl (C=O) groups is 2. The molecule has 3 amide bonds. The molecule has 0 aromatic heterocycles. The highest BCUT2D eigenvalue weighted by Crippen LogP contribution is 2.26. The second-order valence-corrected chi connectivity index (χ2v) is 9.78. The fourth-order valence-electron chi connectivity index (χ4n) is 5.02. The SMILES string of the molecule is COc1ccc(C(CNC(=O)N2CCN(CC(=O)Nc3cccc(C)c3C)CC2)N2CCCC2)cc1. The van der Waals surface area contributed by atoms with Gasteiger partial charge in [-0.1, -0.05) is 24.3 Å². The molecule has 36 heavy (non-hydrogen) atoms. The number of rotatable bonds is 8. The molecule has 2 saturated heterocycles. The fraction of sp³-hybridized carbons (Fsp3) is 0.500. The summed E-state index contributed by atoms with van der Waals surface area (Å²) in [6, 6.07) is 14.2. The molecule has 194 valence electrons. The maximum atomic E-state index is 13.0. The van der Waals surface area contributed by atoms with Gasteiger partial charge < -0.3 is 20.3 Å². The van der Waals surface area contributed by atoms with E-state index in [9.17, 15) is 9.59 Å². The van der Waals surface area contributed by atoms with Crippen molar-refractivity contribution in [2.24, 2.45) is 0 Å². The summed E-state index contributed by atoms with van der Waals surface area (Å²) in [7, 11) is 1.67. The summed E-state index contributed by atoms with van der Waals surface area (Å²) >= 11 is 0. The molecule has 2 fully saturated rings. The third kappa shape index (κ3) is 6.56. The maximum absolute atomic E-state index is 13.0. The van der Waals surface area contributed by atoms with Gasteiger partial charge in [-0.15, -0.1) is 0 Å². The van der Waals surface area contributed by atoms with Crippen molar-refractivity contribution in [3.8, 4) is 5.75 Å². The first-order chi connectivity index (χ1) is 17.4. The zero-order valence-electron chi connectivity index (χ0n) is 21.8. The molecule has 2 heterocycles. The van der Waals surface area contributed by atoms with Crippen LogP contribution in [-0.2, 0) is 4.79 Å². The lowest BCUT2D eigenvalue weighted by atomic mass is 10.1. The Morgan fingerprint density at radius 3 is 2.31 bits per heavy atom. The number of nitrogens with one attached hydrogen (secondary N) is 2. The number of carbonyl (C=O) groups excluding carboxylic acids is 2. The summed E-state index contributed by atoms with van der Waals surface area (Å²) in [6.45, 7) is 9.65. The molecule has 4 rings (SSSR count). The minimum atomic E-state index is -0.0350. The smallest absolute Gasteiger partial charge is 0.317 e. The first-order valence-electron chi connectivity index (χ1n) is 12.9. The second kappa shape index (κ2) is 12.2. The van der Waals surface area contributed by atoms with Gasteiger partial charge >= 0.3 is 6.03 Å². The van der Waals surface area contributed by atoms with Gasteiger partial charge in [0.15, 0.2) is 0 Å². The summed E-state index contributed by atoms with van der Waals surface area (Å²) in [5.74, 6) is 0.818. The normalized spacial score (nSPS) is 17.6. The molecule has 2 aromatic rings. The Kier molecular flexibility index (Phi) is 8.83. The Morgan fingerprint density at radius 1 is 0.944 bits per heavy atom. The van der Waals surface area contributed by atoms with Crippen molar-refractivity contribution in [3.63, 3.8) is 0 Å². The Hall–Kier alpha value is -3.10. The molecule has 2 aliphatic rings. The van der Waals surface area contributed by atoms with Crippen LogP contribution in [0, 0.1) is 13.8 Å². The third-order valence-corrected chi connectivity index (χ3v) is 7.43. The van der Waals surface area contributed by atoms with Gasteiger partial charge in [-0.25, -0.2) is 4.79 Å². The van der Waals surface area contributed by atoms with Gasteiger partial charge in [0.2, 0.25) is 5.91 Å². The Bertz CT molecular complexity index is 1030. The molecular formula is C28H39N5O3. The summed E-state index contributed by atoms with van der Waals surface area (Å²) in [6.07, 6.45) is 2.39. The first-order valence-corrected chi connectivity index (χ1v) is 12.9. The zero-order chi connectivity index (χ0) is 25.5. The molecule has 1 atom stereocenters. The monoisotopic (exact) mass is 493 g/mol. The van der Waals surface area contributed by atoms with Gasteiger partial charge in [-0.05, 0) is 74.7 Å². The highest BCUT2D eigenvalue weighted by Gasteiger charge is 2.26. The van der Waals surface area contributed by atoms with Crippen LogP contribution < -0.4 is 15.4 Å². The number of hydrogen-bond donors (Lipinski definition) is 2. The van der Waals surface area contributed by atoms with E-state index in [1.807, 2.05) is 49.1 Å². The molecule has 0 aliphatic carbocycles. The second-order valence-electron chi connectivity index (χ2n) is 9.78. The molecular weight excluding hydrogens is 454 g/mol. The standard InChI is InChI=1S/C28H39N5O3/c1-21-7-6-8-25(22(21)2)30-27(34)20-31-15-17-33(18-16-31)28(35)29-19-26(32-13-4-5-14-32)23-9-11-24(36-3)12-10-23/h6-12,26H,4-5,13-20H2,1-3H3,(H,29,35)(H,30,34). The number of anilines is 1. The number of ether oxygens (including phenoxy) is 1. The summed E-state index contributed by atoms with van der Waals surface area (Å²) < 4.78 is 5.31. The van der Waals surface area contributed by atoms with E-state index in [1.54, 1.807) is 7.11 Å². The molecule has 2 aromatic carbocycles. The van der Waals surface area contributed by atoms with E-state index in [0.29, 0.717) is 39.3 Å². The van der Waals surface area contributed by atoms with Crippen molar-refractivity contribution in [2.45, 2.75) is 32.7 Å². The molecule has 0 radical (unpaired) electrons. The predicted octanol–water partition coefficient (Wildman–Crippen LogP) is 3.41. The lowest BCUT2D eigenvalue weighted by molar-refractivity contribution is -0.117. The van der Waals surface area contributed by atoms with E-state index in [2.05, 4.69) is 32.6 Å². The van der Waals surface area contributed by atoms with E-state index in [0.717, 1.165) is 35.7 Å². The number of nitrogens with zero attached hydrogens (tertiary/aromatic N) is 3. The van der Waals surface area contributed by atoms with Crippen LogP contribution >= 0.6 is 0 Å². The highest BCUT2D eigenvalue weighted by atomic mass is 16.5. The van der Waals surface area contributed by atoms with Crippen LogP contribution in [0.4, 0.5) is 10.5 Å². The molecule has 0 bridgehead atoms.